The summed E-state index contributed by atoms with van der Waals surface area (Å²) in [5, 5.41) is 0. The summed E-state index contributed by atoms with van der Waals surface area (Å²) in [6.45, 7) is 13.7. The second kappa shape index (κ2) is 18.9. The summed E-state index contributed by atoms with van der Waals surface area (Å²) in [4.78, 5) is 10.2. The molecule has 76 heavy (non-hydrogen) atoms. The molecular weight excluding hydrogens is 958 g/mol. The standard InChI is InChI=1S/C70H58BN3S2/c1-69(2,3)51-37-41-55(42-38-51)73-58-45-57(72(53-33-21-11-22-34-53)54-35-23-12-24-36-54)46-59-62(58)71(67-63(73)60(47-25-13-7-14-26-47)65(75-67)49-29-17-9-18-30-49)68-64(74(59)56-43-39-52(40-44-56)70(4,5)6)61(48-27-15-8-16-28-48)66(76-68)50-31-19-10-20-32-50/h7-46H,1-6H3. The summed E-state index contributed by atoms with van der Waals surface area (Å²) in [6.07, 6.45) is 0. The fraction of sp³-hybridized carbons (Fsp3) is 0.114. The summed E-state index contributed by atoms with van der Waals surface area (Å²) in [5.74, 6) is 0. The molecule has 368 valence electrons. The van der Waals surface area contributed by atoms with Crippen molar-refractivity contribution in [3.8, 4) is 43.1 Å². The Balaban J connectivity index is 1.23. The zero-order valence-corrected chi connectivity index (χ0v) is 45.5. The van der Waals surface area contributed by atoms with E-state index in [1.54, 1.807) is 0 Å². The van der Waals surface area contributed by atoms with Gasteiger partial charge in [0.05, 0.1) is 17.1 Å². The Kier molecular flexibility index (Phi) is 11.8. The van der Waals surface area contributed by atoms with Gasteiger partial charge in [0.2, 0.25) is 0 Å². The molecule has 0 saturated carbocycles. The zero-order valence-electron chi connectivity index (χ0n) is 43.8. The van der Waals surface area contributed by atoms with Gasteiger partial charge in [-0.15, -0.1) is 22.7 Å². The fourth-order valence-corrected chi connectivity index (χ4v) is 14.4. The molecule has 11 aromatic rings. The van der Waals surface area contributed by atoms with Crippen LogP contribution in [-0.4, -0.2) is 6.71 Å². The molecular formula is C70H58BN3S2. The first-order valence-corrected chi connectivity index (χ1v) is 28.1. The van der Waals surface area contributed by atoms with Crippen molar-refractivity contribution in [1.82, 2.24) is 0 Å². The van der Waals surface area contributed by atoms with E-state index in [2.05, 4.69) is 299 Å². The molecule has 0 N–H and O–H groups in total. The van der Waals surface area contributed by atoms with Crippen LogP contribution in [0.1, 0.15) is 52.7 Å². The lowest BCUT2D eigenvalue weighted by atomic mass is 9.39. The molecule has 0 unspecified atom stereocenters. The highest BCUT2D eigenvalue weighted by molar-refractivity contribution is 7.39. The van der Waals surface area contributed by atoms with Crippen LogP contribution in [0.5, 0.6) is 0 Å². The van der Waals surface area contributed by atoms with E-state index in [1.807, 2.05) is 22.7 Å². The van der Waals surface area contributed by atoms with E-state index in [9.17, 15) is 0 Å². The van der Waals surface area contributed by atoms with Gasteiger partial charge in [0.1, 0.15) is 0 Å². The van der Waals surface area contributed by atoms with E-state index < -0.39 is 0 Å². The molecule has 9 aromatic carbocycles. The summed E-state index contributed by atoms with van der Waals surface area (Å²) in [6, 6.07) is 90.1. The van der Waals surface area contributed by atoms with Crippen molar-refractivity contribution in [2.45, 2.75) is 52.4 Å². The lowest BCUT2D eigenvalue weighted by Gasteiger charge is -2.43. The van der Waals surface area contributed by atoms with Crippen LogP contribution in [-0.2, 0) is 10.8 Å². The molecule has 0 saturated heterocycles. The van der Waals surface area contributed by atoms with Gasteiger partial charge < -0.3 is 14.7 Å². The van der Waals surface area contributed by atoms with Gasteiger partial charge >= 0.3 is 0 Å². The average molecular weight is 1020 g/mol. The summed E-state index contributed by atoms with van der Waals surface area (Å²) in [5.41, 5.74) is 21.5. The van der Waals surface area contributed by atoms with Crippen molar-refractivity contribution < 1.29 is 0 Å². The molecule has 0 atom stereocenters. The van der Waals surface area contributed by atoms with Crippen LogP contribution in [0, 0.1) is 0 Å². The van der Waals surface area contributed by atoms with E-state index in [1.165, 1.54) is 80.7 Å². The van der Waals surface area contributed by atoms with Crippen LogP contribution < -0.4 is 29.7 Å². The van der Waals surface area contributed by atoms with Crippen molar-refractivity contribution in [2.24, 2.45) is 0 Å². The molecule has 13 rings (SSSR count). The molecule has 0 bridgehead atoms. The Morgan fingerprint density at radius 2 is 0.671 bits per heavy atom. The topological polar surface area (TPSA) is 9.72 Å². The number of nitrogens with zero attached hydrogens (tertiary/aromatic N) is 3. The van der Waals surface area contributed by atoms with Gasteiger partial charge in [-0.25, -0.2) is 0 Å². The number of anilines is 9. The third-order valence-corrected chi connectivity index (χ3v) is 17.7. The predicted molar refractivity (Wildman–Crippen MR) is 330 cm³/mol. The highest BCUT2D eigenvalue weighted by atomic mass is 32.1. The van der Waals surface area contributed by atoms with Gasteiger partial charge in [0.25, 0.3) is 6.71 Å². The molecule has 2 aliphatic rings. The first-order chi connectivity index (χ1) is 37.0. The number of hydrogen-bond acceptors (Lipinski definition) is 5. The highest BCUT2D eigenvalue weighted by Gasteiger charge is 2.49. The van der Waals surface area contributed by atoms with E-state index in [4.69, 9.17) is 0 Å². The minimum absolute atomic E-state index is 0.0226. The molecule has 2 aromatic heterocycles. The minimum Gasteiger partial charge on any atom is -0.310 e. The van der Waals surface area contributed by atoms with E-state index in [-0.39, 0.29) is 17.5 Å². The van der Waals surface area contributed by atoms with Crippen molar-refractivity contribution >= 4 is 95.6 Å². The molecule has 0 amide bonds. The number of thiophene rings is 2. The average Bonchev–Trinajstić information content (AvgIpc) is 4.11. The van der Waals surface area contributed by atoms with Crippen LogP contribution in [0.25, 0.3) is 43.1 Å². The Bertz CT molecular complexity index is 3610. The Labute approximate surface area is 456 Å². The molecule has 0 radical (unpaired) electrons. The van der Waals surface area contributed by atoms with Gasteiger partial charge in [-0.05, 0) is 110 Å². The van der Waals surface area contributed by atoms with Gasteiger partial charge in [0, 0.05) is 64.6 Å². The molecule has 0 fully saturated rings. The summed E-state index contributed by atoms with van der Waals surface area (Å²) in [7, 11) is 0. The quantitative estimate of drug-likeness (QED) is 0.133. The Hall–Kier alpha value is -8.16. The van der Waals surface area contributed by atoms with Crippen LogP contribution in [0.4, 0.5) is 51.2 Å². The lowest BCUT2D eigenvalue weighted by molar-refractivity contribution is 0.590. The first-order valence-electron chi connectivity index (χ1n) is 26.5. The van der Waals surface area contributed by atoms with Crippen LogP contribution in [0.15, 0.2) is 243 Å². The maximum absolute atomic E-state index is 2.63. The minimum atomic E-state index is -0.115. The second-order valence-corrected chi connectivity index (χ2v) is 24.2. The van der Waals surface area contributed by atoms with Crippen LogP contribution in [0.3, 0.4) is 0 Å². The lowest BCUT2D eigenvalue weighted by Crippen LogP contribution is -2.59. The number of fused-ring (bicyclic) bond motifs is 4. The van der Waals surface area contributed by atoms with Gasteiger partial charge in [-0.3, -0.25) is 0 Å². The number of hydrogen-bond donors (Lipinski definition) is 0. The van der Waals surface area contributed by atoms with Crippen molar-refractivity contribution in [3.63, 3.8) is 0 Å². The third kappa shape index (κ3) is 8.19. The zero-order chi connectivity index (χ0) is 51.7. The predicted octanol–water partition coefficient (Wildman–Crippen LogP) is 18.6. The third-order valence-electron chi connectivity index (χ3n) is 15.1. The number of rotatable bonds is 9. The SMILES string of the molecule is CC(C)(C)c1ccc(N2c3cc(N(c4ccccc4)c4ccccc4)cc4c3B(c3sc(-c5ccccc5)c(-c5ccccc5)c32)c2sc(-c3ccccc3)c(-c3ccccc3)c2N4c2ccc(C(C)(C)C)cc2)cc1. The second-order valence-electron chi connectivity index (χ2n) is 22.1. The number of benzene rings is 9. The van der Waals surface area contributed by atoms with E-state index >= 15 is 0 Å². The van der Waals surface area contributed by atoms with Crippen molar-refractivity contribution in [2.75, 3.05) is 14.7 Å². The maximum atomic E-state index is 2.63. The van der Waals surface area contributed by atoms with Gasteiger partial charge in [-0.2, -0.15) is 0 Å². The highest BCUT2D eigenvalue weighted by Crippen LogP contribution is 2.57. The largest absolute Gasteiger partial charge is 0.310 e. The maximum Gasteiger partial charge on any atom is 0.277 e. The smallest absolute Gasteiger partial charge is 0.277 e. The molecule has 3 nitrogen and oxygen atoms in total. The molecule has 2 aliphatic heterocycles. The van der Waals surface area contributed by atoms with Crippen LogP contribution in [0.2, 0.25) is 0 Å². The molecule has 4 heterocycles. The molecule has 6 heteroatoms. The Morgan fingerprint density at radius 1 is 0.355 bits per heavy atom. The van der Waals surface area contributed by atoms with Crippen molar-refractivity contribution in [1.29, 1.82) is 0 Å². The monoisotopic (exact) mass is 1020 g/mol. The van der Waals surface area contributed by atoms with Crippen LogP contribution >= 0.6 is 22.7 Å². The normalized spacial score (nSPS) is 12.8. The Morgan fingerprint density at radius 3 is 1.00 bits per heavy atom. The van der Waals surface area contributed by atoms with E-state index in [0.717, 1.165) is 39.8 Å². The molecule has 0 spiro atoms. The van der Waals surface area contributed by atoms with E-state index in [0.29, 0.717) is 0 Å². The van der Waals surface area contributed by atoms with Gasteiger partial charge in [0.15, 0.2) is 0 Å². The van der Waals surface area contributed by atoms with Crippen molar-refractivity contribution in [3.05, 3.63) is 254 Å². The number of para-hydroxylation sites is 2. The van der Waals surface area contributed by atoms with Gasteiger partial charge in [-0.1, -0.05) is 224 Å². The summed E-state index contributed by atoms with van der Waals surface area (Å²) < 4.78 is 2.68. The molecule has 0 aliphatic carbocycles. The summed E-state index contributed by atoms with van der Waals surface area (Å²) >= 11 is 3.93. The fourth-order valence-electron chi connectivity index (χ4n) is 11.4. The first kappa shape index (κ1) is 47.6.